The summed E-state index contributed by atoms with van der Waals surface area (Å²) < 4.78 is 33.0. The van der Waals surface area contributed by atoms with Gasteiger partial charge in [0, 0.05) is 11.6 Å². The molecular formula is C13H19F2N2O. The average Bonchev–Trinajstić information content (AvgIpc) is 2.35. The van der Waals surface area contributed by atoms with Crippen molar-refractivity contribution in [3.05, 3.63) is 29.3 Å². The van der Waals surface area contributed by atoms with Gasteiger partial charge in [-0.25, -0.2) is 8.78 Å². The molecule has 0 amide bonds. The zero-order valence-corrected chi connectivity index (χ0v) is 11.4. The van der Waals surface area contributed by atoms with Crippen LogP contribution in [0.25, 0.3) is 0 Å². The van der Waals surface area contributed by atoms with E-state index in [1.807, 2.05) is 0 Å². The molecule has 0 aliphatic heterocycles. The molecule has 0 aliphatic carbocycles. The Kier molecular flexibility index (Phi) is 5.04. The predicted molar refractivity (Wildman–Crippen MR) is 66.9 cm³/mol. The Morgan fingerprint density at radius 2 is 1.61 bits per heavy atom. The van der Waals surface area contributed by atoms with E-state index in [4.69, 9.17) is 4.74 Å². The highest BCUT2D eigenvalue weighted by Gasteiger charge is 2.21. The molecule has 2 unspecified atom stereocenters. The molecule has 5 heteroatoms. The van der Waals surface area contributed by atoms with Crippen molar-refractivity contribution < 1.29 is 13.5 Å². The number of benzene rings is 1. The molecule has 18 heavy (non-hydrogen) atoms. The van der Waals surface area contributed by atoms with Crippen molar-refractivity contribution in [2.45, 2.75) is 12.6 Å². The second-order valence-corrected chi connectivity index (χ2v) is 4.49. The minimum absolute atomic E-state index is 0.213. The Morgan fingerprint density at radius 1 is 1.06 bits per heavy atom. The molecule has 0 aliphatic rings. The number of rotatable bonds is 5. The van der Waals surface area contributed by atoms with Crippen molar-refractivity contribution in [2.75, 3.05) is 35.3 Å². The number of alkyl halides is 2. The normalized spacial score (nSPS) is 14.9. The van der Waals surface area contributed by atoms with Crippen molar-refractivity contribution in [1.82, 2.24) is 9.80 Å². The second-order valence-electron chi connectivity index (χ2n) is 4.49. The summed E-state index contributed by atoms with van der Waals surface area (Å²) in [4.78, 5) is 2.77. The summed E-state index contributed by atoms with van der Waals surface area (Å²) in [5.41, 5.74) is 0.504. The lowest BCUT2D eigenvalue weighted by atomic mass is 10.1. The zero-order valence-electron chi connectivity index (χ0n) is 11.4. The Morgan fingerprint density at radius 3 is 2.06 bits per heavy atom. The Balaban J connectivity index is 3.17. The maximum atomic E-state index is 14.0. The Bertz CT molecular complexity index is 397. The molecule has 0 fully saturated rings. The van der Waals surface area contributed by atoms with E-state index in [-0.39, 0.29) is 5.56 Å². The summed E-state index contributed by atoms with van der Waals surface area (Å²) in [5.74, 6) is 0.367. The van der Waals surface area contributed by atoms with E-state index in [2.05, 4.69) is 6.07 Å². The lowest BCUT2D eigenvalue weighted by Gasteiger charge is -2.21. The van der Waals surface area contributed by atoms with Crippen molar-refractivity contribution >= 4 is 0 Å². The number of hydrogen-bond donors (Lipinski definition) is 0. The second kappa shape index (κ2) is 6.11. The molecule has 3 nitrogen and oxygen atoms in total. The van der Waals surface area contributed by atoms with Crippen LogP contribution in [0.5, 0.6) is 5.75 Å². The van der Waals surface area contributed by atoms with Gasteiger partial charge in [0.15, 0.2) is 12.6 Å². The summed E-state index contributed by atoms with van der Waals surface area (Å²) >= 11 is 0. The number of methoxy groups -OCH3 is 1. The summed E-state index contributed by atoms with van der Waals surface area (Å²) in [6.07, 6.45) is -2.70. The zero-order chi connectivity index (χ0) is 13.9. The first-order valence-electron chi connectivity index (χ1n) is 5.59. The van der Waals surface area contributed by atoms with Crippen LogP contribution in [0.15, 0.2) is 12.1 Å². The fraction of sp³-hybridized carbons (Fsp3) is 0.538. The highest BCUT2D eigenvalue weighted by molar-refractivity contribution is 5.38. The molecule has 1 radical (unpaired) electrons. The van der Waals surface area contributed by atoms with Gasteiger partial charge >= 0.3 is 0 Å². The molecule has 0 bridgehead atoms. The van der Waals surface area contributed by atoms with Gasteiger partial charge < -0.3 is 4.74 Å². The molecule has 0 N–H and O–H groups in total. The SMILES string of the molecule is COc1ccc(C(F)N(C)C)[c]c1C(F)N(C)C. The van der Waals surface area contributed by atoms with Crippen LogP contribution in [0.2, 0.25) is 0 Å². The molecule has 0 spiro atoms. The van der Waals surface area contributed by atoms with Crippen molar-refractivity contribution in [1.29, 1.82) is 0 Å². The Hall–Kier alpha value is -1.20. The molecule has 0 saturated carbocycles. The highest BCUT2D eigenvalue weighted by Crippen LogP contribution is 2.32. The van der Waals surface area contributed by atoms with Gasteiger partial charge in [-0.15, -0.1) is 0 Å². The van der Waals surface area contributed by atoms with Gasteiger partial charge in [-0.05, 0) is 34.3 Å². The molecule has 1 aromatic rings. The summed E-state index contributed by atoms with van der Waals surface area (Å²) in [6, 6.07) is 5.88. The van der Waals surface area contributed by atoms with Crippen LogP contribution in [0.3, 0.4) is 0 Å². The molecule has 101 valence electrons. The standard InChI is InChI=1S/C13H19F2N2O/c1-16(2)12(14)9-6-7-11(18-5)10(8-9)13(15)17(3)4/h6-7,12-13H,1-5H3. The number of halogens is 2. The Labute approximate surface area is 107 Å². The van der Waals surface area contributed by atoms with E-state index >= 15 is 0 Å². The van der Waals surface area contributed by atoms with Gasteiger partial charge in [-0.2, -0.15) is 0 Å². The topological polar surface area (TPSA) is 15.7 Å². The molecule has 0 aromatic heterocycles. The van der Waals surface area contributed by atoms with E-state index in [0.29, 0.717) is 11.3 Å². The first-order chi connectivity index (χ1) is 8.38. The minimum atomic E-state index is -1.38. The maximum Gasteiger partial charge on any atom is 0.183 e. The van der Waals surface area contributed by atoms with Crippen molar-refractivity contribution in [2.24, 2.45) is 0 Å². The van der Waals surface area contributed by atoms with E-state index in [9.17, 15) is 8.78 Å². The van der Waals surface area contributed by atoms with Crippen LogP contribution in [0.4, 0.5) is 8.78 Å². The van der Waals surface area contributed by atoms with Gasteiger partial charge in [0.05, 0.1) is 12.7 Å². The van der Waals surface area contributed by atoms with Crippen LogP contribution in [-0.2, 0) is 0 Å². The summed E-state index contributed by atoms with van der Waals surface area (Å²) in [6.45, 7) is 0. The van der Waals surface area contributed by atoms with E-state index in [1.54, 1.807) is 40.3 Å². The quantitative estimate of drug-likeness (QED) is 0.754. The van der Waals surface area contributed by atoms with Gasteiger partial charge in [0.1, 0.15) is 5.75 Å². The van der Waals surface area contributed by atoms with Crippen molar-refractivity contribution in [3.63, 3.8) is 0 Å². The van der Waals surface area contributed by atoms with Crippen LogP contribution in [0.1, 0.15) is 23.7 Å². The first kappa shape index (κ1) is 14.9. The lowest BCUT2D eigenvalue weighted by molar-refractivity contribution is 0.130. The molecular weight excluding hydrogens is 238 g/mol. The third kappa shape index (κ3) is 3.17. The highest BCUT2D eigenvalue weighted by atomic mass is 19.1. The van der Waals surface area contributed by atoms with Gasteiger partial charge in [-0.3, -0.25) is 9.80 Å². The van der Waals surface area contributed by atoms with Gasteiger partial charge in [-0.1, -0.05) is 6.07 Å². The minimum Gasteiger partial charge on any atom is -0.496 e. The van der Waals surface area contributed by atoms with Gasteiger partial charge in [0.2, 0.25) is 0 Å². The number of hydrogen-bond acceptors (Lipinski definition) is 3. The van der Waals surface area contributed by atoms with E-state index < -0.39 is 12.6 Å². The number of ether oxygens (including phenoxy) is 1. The molecule has 2 atom stereocenters. The average molecular weight is 257 g/mol. The monoisotopic (exact) mass is 257 g/mol. The van der Waals surface area contributed by atoms with Crippen LogP contribution < -0.4 is 4.74 Å². The predicted octanol–water partition coefficient (Wildman–Crippen LogP) is 2.55. The fourth-order valence-corrected chi connectivity index (χ4v) is 1.54. The lowest BCUT2D eigenvalue weighted by Crippen LogP contribution is -2.19. The largest absolute Gasteiger partial charge is 0.496 e. The maximum absolute atomic E-state index is 14.0. The molecule has 0 heterocycles. The first-order valence-corrected chi connectivity index (χ1v) is 5.59. The molecule has 1 rings (SSSR count). The summed E-state index contributed by atoms with van der Waals surface area (Å²) in [7, 11) is 7.88. The number of nitrogens with zero attached hydrogens (tertiary/aromatic N) is 2. The third-order valence-corrected chi connectivity index (χ3v) is 2.58. The third-order valence-electron chi connectivity index (χ3n) is 2.58. The smallest absolute Gasteiger partial charge is 0.183 e. The van der Waals surface area contributed by atoms with Crippen molar-refractivity contribution in [3.8, 4) is 5.75 Å². The van der Waals surface area contributed by atoms with Crippen LogP contribution in [0, 0.1) is 6.07 Å². The fourth-order valence-electron chi connectivity index (χ4n) is 1.54. The van der Waals surface area contributed by atoms with Gasteiger partial charge in [0.25, 0.3) is 0 Å². The van der Waals surface area contributed by atoms with E-state index in [1.165, 1.54) is 16.9 Å². The van der Waals surface area contributed by atoms with Crippen LogP contribution in [-0.4, -0.2) is 45.1 Å². The summed E-state index contributed by atoms with van der Waals surface area (Å²) in [5, 5.41) is 0. The van der Waals surface area contributed by atoms with E-state index in [0.717, 1.165) is 0 Å². The van der Waals surface area contributed by atoms with Crippen LogP contribution >= 0.6 is 0 Å². The molecule has 1 aromatic carbocycles. The molecule has 0 saturated heterocycles.